The molecular weight excluding hydrogens is 164 g/mol. The maximum atomic E-state index is 9.37. The second kappa shape index (κ2) is 3.50. The minimum absolute atomic E-state index is 0.0646. The smallest absolute Gasteiger partial charge is 0.108 e. The molecule has 1 N–H and O–H groups in total. The van der Waals surface area contributed by atoms with Gasteiger partial charge < -0.3 is 9.67 Å². The van der Waals surface area contributed by atoms with Gasteiger partial charge in [-0.15, -0.1) is 0 Å². The Bertz CT molecular complexity index is 282. The van der Waals surface area contributed by atoms with Crippen molar-refractivity contribution in [3.05, 3.63) is 18.2 Å². The number of hydrogen-bond acceptors (Lipinski definition) is 2. The summed E-state index contributed by atoms with van der Waals surface area (Å²) in [4.78, 5) is 4.29. The van der Waals surface area contributed by atoms with E-state index in [1.165, 1.54) is 0 Å². The van der Waals surface area contributed by atoms with E-state index in [4.69, 9.17) is 0 Å². The lowest BCUT2D eigenvalue weighted by Crippen LogP contribution is -2.07. The van der Waals surface area contributed by atoms with E-state index in [0.29, 0.717) is 5.92 Å². The van der Waals surface area contributed by atoms with Gasteiger partial charge in [-0.25, -0.2) is 4.98 Å². The van der Waals surface area contributed by atoms with Gasteiger partial charge in [0.25, 0.3) is 0 Å². The highest BCUT2D eigenvalue weighted by Gasteiger charge is 2.23. The molecular formula is C10H16N2O. The predicted octanol–water partition coefficient (Wildman–Crippen LogP) is 1.12. The maximum absolute atomic E-state index is 9.37. The molecule has 0 amide bonds. The lowest BCUT2D eigenvalue weighted by molar-refractivity contribution is 0.177. The molecule has 0 saturated heterocycles. The van der Waals surface area contributed by atoms with Crippen molar-refractivity contribution in [2.24, 2.45) is 13.0 Å². The third-order valence-electron chi connectivity index (χ3n) is 2.91. The third-order valence-corrected chi connectivity index (χ3v) is 2.91. The van der Waals surface area contributed by atoms with Crippen LogP contribution in [0.1, 0.15) is 25.1 Å². The standard InChI is InChI=1S/C10H16N2O/c1-12-5-4-11-10(12)7-8-2-3-9(13)6-8/h4-5,8-9,13H,2-3,6-7H2,1H3. The van der Waals surface area contributed by atoms with Gasteiger partial charge in [0.15, 0.2) is 0 Å². The molecule has 1 aromatic heterocycles. The summed E-state index contributed by atoms with van der Waals surface area (Å²) in [7, 11) is 2.02. The second-order valence-electron chi connectivity index (χ2n) is 3.99. The van der Waals surface area contributed by atoms with Gasteiger partial charge in [-0.2, -0.15) is 0 Å². The van der Waals surface area contributed by atoms with Crippen LogP contribution in [0, 0.1) is 5.92 Å². The molecule has 0 spiro atoms. The topological polar surface area (TPSA) is 38.0 Å². The Hall–Kier alpha value is -0.830. The molecule has 1 heterocycles. The largest absolute Gasteiger partial charge is 0.393 e. The first-order chi connectivity index (χ1) is 6.25. The zero-order valence-corrected chi connectivity index (χ0v) is 7.98. The molecule has 2 unspecified atom stereocenters. The summed E-state index contributed by atoms with van der Waals surface area (Å²) in [5.74, 6) is 1.77. The second-order valence-corrected chi connectivity index (χ2v) is 3.99. The van der Waals surface area contributed by atoms with Crippen molar-refractivity contribution >= 4 is 0 Å². The molecule has 13 heavy (non-hydrogen) atoms. The van der Waals surface area contributed by atoms with Crippen molar-refractivity contribution in [1.29, 1.82) is 0 Å². The fraction of sp³-hybridized carbons (Fsp3) is 0.700. The molecule has 3 heteroatoms. The van der Waals surface area contributed by atoms with E-state index in [9.17, 15) is 5.11 Å². The number of rotatable bonds is 2. The Kier molecular flexibility index (Phi) is 2.36. The number of nitrogens with zero attached hydrogens (tertiary/aromatic N) is 2. The average molecular weight is 180 g/mol. The zero-order valence-electron chi connectivity index (χ0n) is 7.98. The van der Waals surface area contributed by atoms with Gasteiger partial charge in [-0.3, -0.25) is 0 Å². The summed E-state index contributed by atoms with van der Waals surface area (Å²) in [5, 5.41) is 9.37. The van der Waals surface area contributed by atoms with Crippen LogP contribution in [-0.4, -0.2) is 20.8 Å². The van der Waals surface area contributed by atoms with Crippen LogP contribution >= 0.6 is 0 Å². The van der Waals surface area contributed by atoms with Crippen molar-refractivity contribution in [3.8, 4) is 0 Å². The van der Waals surface area contributed by atoms with Gasteiger partial charge >= 0.3 is 0 Å². The molecule has 2 rings (SSSR count). The Labute approximate surface area is 78.4 Å². The van der Waals surface area contributed by atoms with E-state index < -0.39 is 0 Å². The van der Waals surface area contributed by atoms with Crippen LogP contribution in [0.15, 0.2) is 12.4 Å². The van der Waals surface area contributed by atoms with E-state index in [1.54, 1.807) is 0 Å². The maximum Gasteiger partial charge on any atom is 0.108 e. The summed E-state index contributed by atoms with van der Waals surface area (Å²) in [6.45, 7) is 0. The predicted molar refractivity (Wildman–Crippen MR) is 50.3 cm³/mol. The van der Waals surface area contributed by atoms with Gasteiger partial charge in [-0.1, -0.05) is 0 Å². The monoisotopic (exact) mass is 180 g/mol. The van der Waals surface area contributed by atoms with E-state index in [1.807, 2.05) is 19.4 Å². The lowest BCUT2D eigenvalue weighted by Gasteiger charge is -2.08. The fourth-order valence-electron chi connectivity index (χ4n) is 2.09. The summed E-state index contributed by atoms with van der Waals surface area (Å²) in [5.41, 5.74) is 0. The van der Waals surface area contributed by atoms with Crippen molar-refractivity contribution in [2.75, 3.05) is 0 Å². The van der Waals surface area contributed by atoms with Gasteiger partial charge in [0.1, 0.15) is 5.82 Å². The Morgan fingerprint density at radius 2 is 2.46 bits per heavy atom. The number of aliphatic hydroxyl groups excluding tert-OH is 1. The van der Waals surface area contributed by atoms with Gasteiger partial charge in [-0.05, 0) is 25.2 Å². The van der Waals surface area contributed by atoms with Crippen LogP contribution in [0.2, 0.25) is 0 Å². The highest BCUT2D eigenvalue weighted by Crippen LogP contribution is 2.27. The normalized spacial score (nSPS) is 28.2. The zero-order chi connectivity index (χ0) is 9.26. The molecule has 1 aromatic rings. The molecule has 1 fully saturated rings. The quantitative estimate of drug-likeness (QED) is 0.740. The van der Waals surface area contributed by atoms with Crippen LogP contribution in [-0.2, 0) is 13.5 Å². The number of imidazole rings is 1. The van der Waals surface area contributed by atoms with E-state index in [2.05, 4.69) is 9.55 Å². The summed E-state index contributed by atoms with van der Waals surface area (Å²) >= 11 is 0. The SMILES string of the molecule is Cn1ccnc1CC1CCC(O)C1. The van der Waals surface area contributed by atoms with Gasteiger partial charge in [0.05, 0.1) is 6.10 Å². The molecule has 72 valence electrons. The fourth-order valence-corrected chi connectivity index (χ4v) is 2.09. The molecule has 1 aliphatic carbocycles. The van der Waals surface area contributed by atoms with E-state index >= 15 is 0 Å². The first-order valence-electron chi connectivity index (χ1n) is 4.90. The van der Waals surface area contributed by atoms with Crippen molar-refractivity contribution in [1.82, 2.24) is 9.55 Å². The summed E-state index contributed by atoms with van der Waals surface area (Å²) in [6.07, 6.45) is 7.82. The third kappa shape index (κ3) is 1.91. The van der Waals surface area contributed by atoms with Crippen LogP contribution < -0.4 is 0 Å². The minimum Gasteiger partial charge on any atom is -0.393 e. The van der Waals surface area contributed by atoms with Gasteiger partial charge in [0, 0.05) is 25.9 Å². The Balaban J connectivity index is 1.95. The number of aliphatic hydroxyl groups is 1. The number of hydrogen-bond donors (Lipinski definition) is 1. The van der Waals surface area contributed by atoms with Crippen LogP contribution in [0.25, 0.3) is 0 Å². The molecule has 0 radical (unpaired) electrons. The minimum atomic E-state index is -0.0646. The first kappa shape index (κ1) is 8.75. The van der Waals surface area contributed by atoms with E-state index in [0.717, 1.165) is 31.5 Å². The van der Waals surface area contributed by atoms with Crippen LogP contribution in [0.3, 0.4) is 0 Å². The first-order valence-corrected chi connectivity index (χ1v) is 4.90. The van der Waals surface area contributed by atoms with Crippen LogP contribution in [0.4, 0.5) is 0 Å². The van der Waals surface area contributed by atoms with Gasteiger partial charge in [0.2, 0.25) is 0 Å². The number of aromatic nitrogens is 2. The summed E-state index contributed by atoms with van der Waals surface area (Å²) in [6, 6.07) is 0. The van der Waals surface area contributed by atoms with E-state index in [-0.39, 0.29) is 6.10 Å². The van der Waals surface area contributed by atoms with Crippen molar-refractivity contribution < 1.29 is 5.11 Å². The number of aryl methyl sites for hydroxylation is 1. The molecule has 2 atom stereocenters. The highest BCUT2D eigenvalue weighted by atomic mass is 16.3. The molecule has 1 aliphatic rings. The highest BCUT2D eigenvalue weighted by molar-refractivity contribution is 4.94. The molecule has 3 nitrogen and oxygen atoms in total. The average Bonchev–Trinajstić information content (AvgIpc) is 2.64. The summed E-state index contributed by atoms with van der Waals surface area (Å²) < 4.78 is 2.06. The van der Waals surface area contributed by atoms with Crippen LogP contribution in [0.5, 0.6) is 0 Å². The lowest BCUT2D eigenvalue weighted by atomic mass is 10.0. The Morgan fingerprint density at radius 3 is 3.00 bits per heavy atom. The molecule has 0 aliphatic heterocycles. The molecule has 0 aromatic carbocycles. The molecule has 0 bridgehead atoms. The molecule has 1 saturated carbocycles. The van der Waals surface area contributed by atoms with Crippen molar-refractivity contribution in [2.45, 2.75) is 31.8 Å². The van der Waals surface area contributed by atoms with Crippen molar-refractivity contribution in [3.63, 3.8) is 0 Å². The Morgan fingerprint density at radius 1 is 1.62 bits per heavy atom.